The third kappa shape index (κ3) is 5.31. The summed E-state index contributed by atoms with van der Waals surface area (Å²) in [7, 11) is 1.45. The van der Waals surface area contributed by atoms with Gasteiger partial charge in [0, 0.05) is 7.11 Å². The predicted molar refractivity (Wildman–Crippen MR) is 43.4 cm³/mol. The Balaban J connectivity index is 3.73. The first-order chi connectivity index (χ1) is 3.98. The van der Waals surface area contributed by atoms with Crippen LogP contribution in [-0.4, -0.2) is 13.2 Å². The SMILES string of the molecule is COP(=S)(Cl)OC(C)C. The average molecular weight is 189 g/mol. The lowest BCUT2D eigenvalue weighted by Crippen LogP contribution is -1.97. The normalized spacial score (nSPS) is 17.9. The van der Waals surface area contributed by atoms with Crippen LogP contribution in [0, 0.1) is 0 Å². The highest BCUT2D eigenvalue weighted by atomic mass is 35.7. The van der Waals surface area contributed by atoms with E-state index in [1.165, 1.54) is 7.11 Å². The summed E-state index contributed by atoms with van der Waals surface area (Å²) >= 11 is 10.4. The van der Waals surface area contributed by atoms with Crippen LogP contribution in [0.4, 0.5) is 0 Å². The molecule has 5 heteroatoms. The van der Waals surface area contributed by atoms with E-state index in [0.29, 0.717) is 0 Å². The largest absolute Gasteiger partial charge is 0.321 e. The van der Waals surface area contributed by atoms with Crippen molar-refractivity contribution in [1.29, 1.82) is 0 Å². The van der Waals surface area contributed by atoms with Crippen LogP contribution >= 0.6 is 17.1 Å². The standard InChI is InChI=1S/C4H10ClO2PS/c1-4(2)7-8(5,9)6-3/h4H,1-3H3. The quantitative estimate of drug-likeness (QED) is 0.635. The second-order valence-corrected chi connectivity index (χ2v) is 6.58. The maximum atomic E-state index is 5.60. The highest BCUT2D eigenvalue weighted by Gasteiger charge is 2.13. The second kappa shape index (κ2) is 3.89. The predicted octanol–water partition coefficient (Wildman–Crippen LogP) is 2.52. The molecule has 1 atom stereocenters. The second-order valence-electron chi connectivity index (χ2n) is 1.77. The molecule has 0 aliphatic rings. The minimum Gasteiger partial charge on any atom is -0.321 e. The molecule has 0 aromatic carbocycles. The van der Waals surface area contributed by atoms with Gasteiger partial charge in [0.05, 0.1) is 6.10 Å². The topological polar surface area (TPSA) is 18.5 Å². The molecule has 0 N–H and O–H groups in total. The molecule has 0 bridgehead atoms. The first kappa shape index (κ1) is 9.86. The smallest absolute Gasteiger partial charge is 0.281 e. The van der Waals surface area contributed by atoms with E-state index in [9.17, 15) is 0 Å². The Morgan fingerprint density at radius 1 is 1.56 bits per heavy atom. The van der Waals surface area contributed by atoms with Gasteiger partial charge in [-0.05, 0) is 36.9 Å². The maximum absolute atomic E-state index is 5.60. The van der Waals surface area contributed by atoms with Gasteiger partial charge in [-0.15, -0.1) is 0 Å². The molecule has 0 radical (unpaired) electrons. The highest BCUT2D eigenvalue weighted by molar-refractivity contribution is 8.22. The van der Waals surface area contributed by atoms with Gasteiger partial charge in [-0.3, -0.25) is 0 Å². The molecule has 0 saturated heterocycles. The Hall–Kier alpha value is 0.860. The first-order valence-corrected chi connectivity index (χ1v) is 6.06. The summed E-state index contributed by atoms with van der Waals surface area (Å²) in [5.74, 6) is -2.42. The Morgan fingerprint density at radius 2 is 2.00 bits per heavy atom. The van der Waals surface area contributed by atoms with Gasteiger partial charge in [0.25, 0.3) is 5.84 Å². The number of hydrogen-bond donors (Lipinski definition) is 0. The Bertz CT molecular complexity index is 128. The van der Waals surface area contributed by atoms with Gasteiger partial charge in [-0.1, -0.05) is 0 Å². The summed E-state index contributed by atoms with van der Waals surface area (Å²) in [6, 6.07) is 0. The zero-order valence-electron chi connectivity index (χ0n) is 5.63. The molecular weight excluding hydrogens is 179 g/mol. The fourth-order valence-corrected chi connectivity index (χ4v) is 1.88. The molecule has 56 valence electrons. The Labute approximate surface area is 65.4 Å². The molecule has 0 aliphatic carbocycles. The molecule has 9 heavy (non-hydrogen) atoms. The summed E-state index contributed by atoms with van der Waals surface area (Å²) in [6.45, 7) is 3.73. The maximum Gasteiger partial charge on any atom is 0.281 e. The fourth-order valence-electron chi connectivity index (χ4n) is 0.295. The molecule has 0 rings (SSSR count). The van der Waals surface area contributed by atoms with E-state index in [0.717, 1.165) is 0 Å². The minimum absolute atomic E-state index is 0.0354. The van der Waals surface area contributed by atoms with Crippen molar-refractivity contribution in [2.75, 3.05) is 7.11 Å². The van der Waals surface area contributed by atoms with E-state index in [-0.39, 0.29) is 6.10 Å². The van der Waals surface area contributed by atoms with Crippen molar-refractivity contribution in [3.63, 3.8) is 0 Å². The summed E-state index contributed by atoms with van der Waals surface area (Å²) in [4.78, 5) is 0. The van der Waals surface area contributed by atoms with Crippen LogP contribution in [0.2, 0.25) is 0 Å². The van der Waals surface area contributed by atoms with Gasteiger partial charge in [0.15, 0.2) is 0 Å². The summed E-state index contributed by atoms with van der Waals surface area (Å²) < 4.78 is 9.77. The molecule has 0 aromatic heterocycles. The van der Waals surface area contributed by atoms with Crippen LogP contribution in [0.25, 0.3) is 0 Å². The average Bonchev–Trinajstić information content (AvgIpc) is 1.63. The van der Waals surface area contributed by atoms with Crippen molar-refractivity contribution in [3.8, 4) is 0 Å². The van der Waals surface area contributed by atoms with E-state index < -0.39 is 5.84 Å². The van der Waals surface area contributed by atoms with Crippen molar-refractivity contribution in [2.24, 2.45) is 0 Å². The van der Waals surface area contributed by atoms with Crippen LogP contribution in [0.3, 0.4) is 0 Å². The fraction of sp³-hybridized carbons (Fsp3) is 1.00. The molecule has 0 spiro atoms. The molecule has 0 amide bonds. The Morgan fingerprint density at radius 3 is 2.11 bits per heavy atom. The molecule has 1 unspecified atom stereocenters. The molecule has 2 nitrogen and oxygen atoms in total. The van der Waals surface area contributed by atoms with Crippen molar-refractivity contribution in [3.05, 3.63) is 0 Å². The molecule has 0 saturated carbocycles. The zero-order valence-corrected chi connectivity index (χ0v) is 8.09. The zero-order chi connectivity index (χ0) is 7.49. The Kier molecular flexibility index (Phi) is 4.26. The molecule has 0 aromatic rings. The van der Waals surface area contributed by atoms with E-state index in [1.54, 1.807) is 0 Å². The van der Waals surface area contributed by atoms with Gasteiger partial charge < -0.3 is 9.05 Å². The van der Waals surface area contributed by atoms with Gasteiger partial charge in [0.2, 0.25) is 0 Å². The van der Waals surface area contributed by atoms with Crippen LogP contribution in [0.15, 0.2) is 0 Å². The van der Waals surface area contributed by atoms with Crippen LogP contribution in [0.1, 0.15) is 13.8 Å². The van der Waals surface area contributed by atoms with E-state index in [4.69, 9.17) is 32.1 Å². The van der Waals surface area contributed by atoms with Crippen LogP contribution < -0.4 is 0 Å². The number of hydrogen-bond acceptors (Lipinski definition) is 3. The first-order valence-electron chi connectivity index (χ1n) is 2.52. The summed E-state index contributed by atoms with van der Waals surface area (Å²) in [6.07, 6.45) is 0.0354. The van der Waals surface area contributed by atoms with E-state index >= 15 is 0 Å². The lowest BCUT2D eigenvalue weighted by molar-refractivity contribution is 0.233. The summed E-state index contributed by atoms with van der Waals surface area (Å²) in [5, 5.41) is 0. The third-order valence-corrected chi connectivity index (χ3v) is 3.02. The van der Waals surface area contributed by atoms with Crippen LogP contribution in [0.5, 0.6) is 0 Å². The monoisotopic (exact) mass is 188 g/mol. The molecular formula is C4H10ClO2PS. The summed E-state index contributed by atoms with van der Waals surface area (Å²) in [5.41, 5.74) is 0. The van der Waals surface area contributed by atoms with Gasteiger partial charge in [0.1, 0.15) is 0 Å². The van der Waals surface area contributed by atoms with Gasteiger partial charge in [-0.25, -0.2) is 0 Å². The van der Waals surface area contributed by atoms with Gasteiger partial charge >= 0.3 is 0 Å². The van der Waals surface area contributed by atoms with Gasteiger partial charge in [-0.2, -0.15) is 0 Å². The van der Waals surface area contributed by atoms with Crippen molar-refractivity contribution in [2.45, 2.75) is 20.0 Å². The lowest BCUT2D eigenvalue weighted by Gasteiger charge is -2.14. The van der Waals surface area contributed by atoms with Crippen molar-refractivity contribution < 1.29 is 9.05 Å². The third-order valence-electron chi connectivity index (χ3n) is 0.555. The van der Waals surface area contributed by atoms with E-state index in [2.05, 4.69) is 0 Å². The van der Waals surface area contributed by atoms with E-state index in [1.807, 2.05) is 13.8 Å². The number of rotatable bonds is 3. The minimum atomic E-state index is -2.42. The molecule has 0 aliphatic heterocycles. The van der Waals surface area contributed by atoms with Crippen LogP contribution in [-0.2, 0) is 20.9 Å². The molecule has 0 heterocycles. The number of halogens is 1. The van der Waals surface area contributed by atoms with Crippen molar-refractivity contribution >= 4 is 28.9 Å². The lowest BCUT2D eigenvalue weighted by atomic mass is 10.5. The highest BCUT2D eigenvalue weighted by Crippen LogP contribution is 2.53. The van der Waals surface area contributed by atoms with Crippen molar-refractivity contribution in [1.82, 2.24) is 0 Å². The molecule has 0 fully saturated rings.